The molecule has 1 N–H and O–H groups in total. The zero-order valence-corrected chi connectivity index (χ0v) is 11.8. The average molecular weight is 274 g/mol. The van der Waals surface area contributed by atoms with Crippen LogP contribution in [0.25, 0.3) is 0 Å². The van der Waals surface area contributed by atoms with Gasteiger partial charge in [0.2, 0.25) is 0 Å². The van der Waals surface area contributed by atoms with E-state index in [-0.39, 0.29) is 10.6 Å². The second kappa shape index (κ2) is 5.73. The second-order valence-corrected chi connectivity index (χ2v) is 5.00. The van der Waals surface area contributed by atoms with Crippen LogP contribution in [0.5, 0.6) is 0 Å². The van der Waals surface area contributed by atoms with Crippen LogP contribution >= 0.6 is 0 Å². The number of imidazole rings is 1. The van der Waals surface area contributed by atoms with E-state index in [1.807, 2.05) is 6.07 Å². The zero-order valence-electron chi connectivity index (χ0n) is 11.8. The highest BCUT2D eigenvalue weighted by Gasteiger charge is 2.11. The molecule has 1 heterocycles. The molecule has 0 spiro atoms. The van der Waals surface area contributed by atoms with Crippen LogP contribution in [0.1, 0.15) is 31.1 Å². The maximum absolute atomic E-state index is 10.9. The molecule has 2 rings (SSSR count). The lowest BCUT2D eigenvalue weighted by Gasteiger charge is -2.13. The lowest BCUT2D eigenvalue weighted by molar-refractivity contribution is -0.385. The van der Waals surface area contributed by atoms with Gasteiger partial charge in [0.15, 0.2) is 0 Å². The molecular formula is C14H18N4O2. The standard InChI is InChI=1S/C14H18N4O2/c1-10(2)17-9-15-7-13(17)8-16-12-5-4-11(3)14(6-12)18(19)20/h4-7,9-10,16H,8H2,1-3H3. The minimum atomic E-state index is -0.362. The Morgan fingerprint density at radius 2 is 2.20 bits per heavy atom. The van der Waals surface area contributed by atoms with Crippen molar-refractivity contribution in [3.63, 3.8) is 0 Å². The van der Waals surface area contributed by atoms with E-state index in [2.05, 4.69) is 28.7 Å². The SMILES string of the molecule is Cc1ccc(NCc2cncn2C(C)C)cc1[N+](=O)[O-]. The zero-order chi connectivity index (χ0) is 14.7. The lowest BCUT2D eigenvalue weighted by atomic mass is 10.2. The Bertz CT molecular complexity index is 619. The monoisotopic (exact) mass is 274 g/mol. The van der Waals surface area contributed by atoms with Crippen molar-refractivity contribution in [1.82, 2.24) is 9.55 Å². The number of aryl methyl sites for hydroxylation is 1. The van der Waals surface area contributed by atoms with Crippen LogP contribution < -0.4 is 5.32 Å². The normalized spacial score (nSPS) is 10.8. The van der Waals surface area contributed by atoms with Crippen LogP contribution in [0.2, 0.25) is 0 Å². The molecular weight excluding hydrogens is 256 g/mol. The van der Waals surface area contributed by atoms with Gasteiger partial charge in [0.1, 0.15) is 0 Å². The Kier molecular flexibility index (Phi) is 4.02. The molecule has 0 radical (unpaired) electrons. The predicted octanol–water partition coefficient (Wildman–Crippen LogP) is 3.29. The minimum absolute atomic E-state index is 0.132. The van der Waals surface area contributed by atoms with Crippen molar-refractivity contribution in [3.8, 4) is 0 Å². The number of benzene rings is 1. The van der Waals surface area contributed by atoms with Crippen molar-refractivity contribution >= 4 is 11.4 Å². The molecule has 6 heteroatoms. The summed E-state index contributed by atoms with van der Waals surface area (Å²) in [6.45, 7) is 6.48. The molecule has 0 fully saturated rings. The van der Waals surface area contributed by atoms with Crippen LogP contribution in [0.4, 0.5) is 11.4 Å². The summed E-state index contributed by atoms with van der Waals surface area (Å²) in [5, 5.41) is 14.1. The van der Waals surface area contributed by atoms with Crippen LogP contribution in [-0.4, -0.2) is 14.5 Å². The van der Waals surface area contributed by atoms with Gasteiger partial charge in [0, 0.05) is 29.6 Å². The molecule has 0 unspecified atom stereocenters. The Morgan fingerprint density at radius 3 is 2.85 bits per heavy atom. The first-order chi connectivity index (χ1) is 9.49. The number of nitro groups is 1. The molecule has 6 nitrogen and oxygen atoms in total. The van der Waals surface area contributed by atoms with E-state index in [0.717, 1.165) is 11.4 Å². The largest absolute Gasteiger partial charge is 0.379 e. The first-order valence-corrected chi connectivity index (χ1v) is 6.48. The molecule has 0 aliphatic heterocycles. The van der Waals surface area contributed by atoms with Gasteiger partial charge >= 0.3 is 0 Å². The molecule has 0 aliphatic rings. The Morgan fingerprint density at radius 1 is 1.45 bits per heavy atom. The van der Waals surface area contributed by atoms with Crippen LogP contribution in [0.15, 0.2) is 30.7 Å². The summed E-state index contributed by atoms with van der Waals surface area (Å²) in [6, 6.07) is 5.49. The molecule has 1 aromatic carbocycles. The molecule has 20 heavy (non-hydrogen) atoms. The van der Waals surface area contributed by atoms with E-state index >= 15 is 0 Å². The highest BCUT2D eigenvalue weighted by molar-refractivity contribution is 5.54. The average Bonchev–Trinajstić information content (AvgIpc) is 2.86. The molecule has 0 bridgehead atoms. The van der Waals surface area contributed by atoms with Crippen molar-refractivity contribution in [2.24, 2.45) is 0 Å². The third-order valence-electron chi connectivity index (χ3n) is 3.18. The number of anilines is 1. The smallest absolute Gasteiger partial charge is 0.274 e. The number of nitrogens with zero attached hydrogens (tertiary/aromatic N) is 3. The summed E-state index contributed by atoms with van der Waals surface area (Å²) >= 11 is 0. The predicted molar refractivity (Wildman–Crippen MR) is 77.8 cm³/mol. The van der Waals surface area contributed by atoms with Crippen LogP contribution in [0, 0.1) is 17.0 Å². The quantitative estimate of drug-likeness (QED) is 0.670. The Hall–Kier alpha value is -2.37. The lowest BCUT2D eigenvalue weighted by Crippen LogP contribution is -2.09. The molecule has 0 saturated heterocycles. The van der Waals surface area contributed by atoms with E-state index in [1.54, 1.807) is 31.6 Å². The van der Waals surface area contributed by atoms with E-state index in [4.69, 9.17) is 0 Å². The van der Waals surface area contributed by atoms with Gasteiger partial charge in [0.05, 0.1) is 23.5 Å². The van der Waals surface area contributed by atoms with E-state index < -0.39 is 0 Å². The van der Waals surface area contributed by atoms with Crippen LogP contribution in [-0.2, 0) is 6.54 Å². The fourth-order valence-corrected chi connectivity index (χ4v) is 2.04. The number of aromatic nitrogens is 2. The summed E-state index contributed by atoms with van der Waals surface area (Å²) in [5.74, 6) is 0. The van der Waals surface area contributed by atoms with E-state index in [0.29, 0.717) is 18.2 Å². The van der Waals surface area contributed by atoms with Crippen molar-refractivity contribution in [1.29, 1.82) is 0 Å². The van der Waals surface area contributed by atoms with E-state index in [9.17, 15) is 10.1 Å². The highest BCUT2D eigenvalue weighted by atomic mass is 16.6. The Balaban J connectivity index is 2.13. The Labute approximate surface area is 117 Å². The molecule has 0 atom stereocenters. The molecule has 2 aromatic rings. The molecule has 0 amide bonds. The van der Waals surface area contributed by atoms with Gasteiger partial charge < -0.3 is 9.88 Å². The summed E-state index contributed by atoms with van der Waals surface area (Å²) in [4.78, 5) is 14.7. The van der Waals surface area contributed by atoms with E-state index in [1.165, 1.54) is 0 Å². The van der Waals surface area contributed by atoms with Gasteiger partial charge in [-0.05, 0) is 26.8 Å². The van der Waals surface area contributed by atoms with Gasteiger partial charge in [0.25, 0.3) is 5.69 Å². The van der Waals surface area contributed by atoms with Crippen LogP contribution in [0.3, 0.4) is 0 Å². The number of rotatable bonds is 5. The van der Waals surface area contributed by atoms with Crippen molar-refractivity contribution in [3.05, 3.63) is 52.1 Å². The molecule has 1 aromatic heterocycles. The number of hydrogen-bond donors (Lipinski definition) is 1. The first-order valence-electron chi connectivity index (χ1n) is 6.48. The van der Waals surface area contributed by atoms with Crippen molar-refractivity contribution in [2.45, 2.75) is 33.4 Å². The summed E-state index contributed by atoms with van der Waals surface area (Å²) in [6.07, 6.45) is 3.59. The summed E-state index contributed by atoms with van der Waals surface area (Å²) < 4.78 is 2.07. The third kappa shape index (κ3) is 2.96. The second-order valence-electron chi connectivity index (χ2n) is 5.00. The fourth-order valence-electron chi connectivity index (χ4n) is 2.04. The minimum Gasteiger partial charge on any atom is -0.379 e. The fraction of sp³-hybridized carbons (Fsp3) is 0.357. The van der Waals surface area contributed by atoms with Gasteiger partial charge in [-0.2, -0.15) is 0 Å². The van der Waals surface area contributed by atoms with Gasteiger partial charge in [-0.1, -0.05) is 6.07 Å². The van der Waals surface area contributed by atoms with Gasteiger partial charge in [-0.25, -0.2) is 4.98 Å². The van der Waals surface area contributed by atoms with Gasteiger partial charge in [-0.3, -0.25) is 10.1 Å². The number of nitrogens with one attached hydrogen (secondary N) is 1. The summed E-state index contributed by atoms with van der Waals surface area (Å²) in [5.41, 5.74) is 2.57. The van der Waals surface area contributed by atoms with Crippen molar-refractivity contribution in [2.75, 3.05) is 5.32 Å². The third-order valence-corrected chi connectivity index (χ3v) is 3.18. The van der Waals surface area contributed by atoms with Crippen molar-refractivity contribution < 1.29 is 4.92 Å². The number of nitro benzene ring substituents is 1. The first kappa shape index (κ1) is 14.0. The number of hydrogen-bond acceptors (Lipinski definition) is 4. The molecule has 0 aliphatic carbocycles. The topological polar surface area (TPSA) is 73.0 Å². The highest BCUT2D eigenvalue weighted by Crippen LogP contribution is 2.22. The molecule has 0 saturated carbocycles. The maximum atomic E-state index is 10.9. The van der Waals surface area contributed by atoms with Gasteiger partial charge in [-0.15, -0.1) is 0 Å². The summed E-state index contributed by atoms with van der Waals surface area (Å²) in [7, 11) is 0. The maximum Gasteiger partial charge on any atom is 0.274 e. The molecule has 106 valence electrons.